The third-order valence-electron chi connectivity index (χ3n) is 4.53. The summed E-state index contributed by atoms with van der Waals surface area (Å²) in [7, 11) is 3.89. The Morgan fingerprint density at radius 3 is 2.50 bits per heavy atom. The predicted octanol–water partition coefficient (Wildman–Crippen LogP) is 3.27. The maximum absolute atomic E-state index is 12.6. The van der Waals surface area contributed by atoms with E-state index in [-0.39, 0.29) is 11.9 Å². The summed E-state index contributed by atoms with van der Waals surface area (Å²) < 4.78 is 0. The molecule has 0 fully saturated rings. The van der Waals surface area contributed by atoms with Crippen LogP contribution >= 0.6 is 0 Å². The Balaban J connectivity index is 1.68. The molecular weight excluding hydrogens is 272 g/mol. The van der Waals surface area contributed by atoms with E-state index in [0.717, 1.165) is 18.5 Å². The van der Waals surface area contributed by atoms with Crippen LogP contribution in [0.2, 0.25) is 0 Å². The molecule has 3 heteroatoms. The number of anilines is 1. The summed E-state index contributed by atoms with van der Waals surface area (Å²) in [4.78, 5) is 16.5. The van der Waals surface area contributed by atoms with Crippen LogP contribution in [0.5, 0.6) is 0 Å². The molecule has 114 valence electrons. The summed E-state index contributed by atoms with van der Waals surface area (Å²) in [5.74, 6) is 0.160. The highest BCUT2D eigenvalue weighted by molar-refractivity contribution is 5.81. The lowest BCUT2D eigenvalue weighted by Gasteiger charge is -2.28. The number of nitrogens with zero attached hydrogens (tertiary/aromatic N) is 2. The maximum atomic E-state index is 12.6. The number of amides is 1. The van der Waals surface area contributed by atoms with Crippen molar-refractivity contribution in [2.45, 2.75) is 18.9 Å². The summed E-state index contributed by atoms with van der Waals surface area (Å²) in [5.41, 5.74) is 3.75. The molecule has 0 radical (unpaired) electrons. The van der Waals surface area contributed by atoms with E-state index in [0.29, 0.717) is 6.54 Å². The minimum Gasteiger partial charge on any atom is -0.365 e. The molecule has 0 saturated heterocycles. The van der Waals surface area contributed by atoms with Gasteiger partial charge in [0.1, 0.15) is 0 Å². The largest absolute Gasteiger partial charge is 0.365 e. The summed E-state index contributed by atoms with van der Waals surface area (Å²) in [6.45, 7) is 0.402. The number of fused-ring (bicyclic) bond motifs is 1. The number of benzene rings is 2. The van der Waals surface area contributed by atoms with E-state index in [1.807, 2.05) is 54.2 Å². The average molecular weight is 294 g/mol. The van der Waals surface area contributed by atoms with Gasteiger partial charge in [-0.05, 0) is 36.1 Å². The molecule has 2 aromatic carbocycles. The second-order valence-corrected chi connectivity index (χ2v) is 5.95. The second-order valence-electron chi connectivity index (χ2n) is 5.95. The van der Waals surface area contributed by atoms with Crippen molar-refractivity contribution in [1.29, 1.82) is 0 Å². The molecular formula is C19H22N2O. The summed E-state index contributed by atoms with van der Waals surface area (Å²) in [6, 6.07) is 18.7. The Bertz CT molecular complexity index is 653. The lowest BCUT2D eigenvalue weighted by Crippen LogP contribution is -2.38. The Labute approximate surface area is 132 Å². The van der Waals surface area contributed by atoms with Crippen LogP contribution in [0, 0.1) is 0 Å². The van der Waals surface area contributed by atoms with Gasteiger partial charge in [-0.2, -0.15) is 0 Å². The van der Waals surface area contributed by atoms with E-state index in [9.17, 15) is 4.79 Å². The molecule has 0 spiro atoms. The van der Waals surface area contributed by atoms with Crippen LogP contribution in [0.1, 0.15) is 23.6 Å². The molecule has 0 heterocycles. The van der Waals surface area contributed by atoms with E-state index < -0.39 is 0 Å². The topological polar surface area (TPSA) is 23.6 Å². The Hall–Kier alpha value is -2.29. The number of hydrogen-bond acceptors (Lipinski definition) is 2. The van der Waals surface area contributed by atoms with Gasteiger partial charge in [0.25, 0.3) is 0 Å². The van der Waals surface area contributed by atoms with E-state index >= 15 is 0 Å². The van der Waals surface area contributed by atoms with Gasteiger partial charge in [-0.15, -0.1) is 0 Å². The number of carbonyl (C=O) groups is 1. The quantitative estimate of drug-likeness (QED) is 0.864. The van der Waals surface area contributed by atoms with Crippen LogP contribution in [-0.2, 0) is 11.2 Å². The zero-order valence-corrected chi connectivity index (χ0v) is 13.2. The first kappa shape index (κ1) is 14.6. The molecule has 1 aliphatic carbocycles. The molecule has 2 aromatic rings. The Morgan fingerprint density at radius 1 is 1.05 bits per heavy atom. The number of carbonyl (C=O) groups excluding carboxylic acids is 1. The van der Waals surface area contributed by atoms with Gasteiger partial charge in [-0.3, -0.25) is 4.79 Å². The molecule has 0 aliphatic heterocycles. The molecule has 0 N–H and O–H groups in total. The second kappa shape index (κ2) is 6.22. The highest BCUT2D eigenvalue weighted by atomic mass is 16.2. The van der Waals surface area contributed by atoms with Gasteiger partial charge in [-0.25, -0.2) is 0 Å². The predicted molar refractivity (Wildman–Crippen MR) is 90.0 cm³/mol. The van der Waals surface area contributed by atoms with Crippen molar-refractivity contribution in [3.63, 3.8) is 0 Å². The molecule has 0 aromatic heterocycles. The fourth-order valence-electron chi connectivity index (χ4n) is 3.20. The molecule has 3 nitrogen and oxygen atoms in total. The SMILES string of the molecule is CN(CC(=O)N(C)[C@@H]1CCc2ccccc21)c1ccccc1. The van der Waals surface area contributed by atoms with Crippen LogP contribution in [0.15, 0.2) is 54.6 Å². The van der Waals surface area contributed by atoms with Gasteiger partial charge in [0.05, 0.1) is 12.6 Å². The van der Waals surface area contributed by atoms with Crippen molar-refractivity contribution >= 4 is 11.6 Å². The van der Waals surface area contributed by atoms with Gasteiger partial charge >= 0.3 is 0 Å². The van der Waals surface area contributed by atoms with Crippen molar-refractivity contribution in [3.8, 4) is 0 Å². The first-order valence-electron chi connectivity index (χ1n) is 7.76. The number of likely N-dealkylation sites (N-methyl/N-ethyl adjacent to an activating group) is 2. The normalized spacial score (nSPS) is 16.2. The number of rotatable bonds is 4. The molecule has 0 unspecified atom stereocenters. The van der Waals surface area contributed by atoms with Gasteiger partial charge in [0, 0.05) is 19.8 Å². The van der Waals surface area contributed by atoms with Crippen molar-refractivity contribution < 1.29 is 4.79 Å². The number of para-hydroxylation sites is 1. The molecule has 0 saturated carbocycles. The zero-order chi connectivity index (χ0) is 15.5. The smallest absolute Gasteiger partial charge is 0.242 e. The maximum Gasteiger partial charge on any atom is 0.242 e. The third kappa shape index (κ3) is 2.84. The van der Waals surface area contributed by atoms with Crippen LogP contribution in [0.3, 0.4) is 0 Å². The monoisotopic (exact) mass is 294 g/mol. The van der Waals surface area contributed by atoms with Gasteiger partial charge in [0.2, 0.25) is 5.91 Å². The van der Waals surface area contributed by atoms with Crippen LogP contribution in [0.4, 0.5) is 5.69 Å². The summed E-state index contributed by atoms with van der Waals surface area (Å²) >= 11 is 0. The molecule has 1 atom stereocenters. The number of aryl methyl sites for hydroxylation is 1. The minimum atomic E-state index is 0.160. The fraction of sp³-hybridized carbons (Fsp3) is 0.316. The van der Waals surface area contributed by atoms with E-state index in [1.165, 1.54) is 11.1 Å². The first-order chi connectivity index (χ1) is 10.7. The van der Waals surface area contributed by atoms with Crippen molar-refractivity contribution in [3.05, 3.63) is 65.7 Å². The van der Waals surface area contributed by atoms with E-state index in [4.69, 9.17) is 0 Å². The average Bonchev–Trinajstić information content (AvgIpc) is 2.99. The van der Waals surface area contributed by atoms with Gasteiger partial charge < -0.3 is 9.80 Å². The van der Waals surface area contributed by atoms with Gasteiger partial charge in [-0.1, -0.05) is 42.5 Å². The van der Waals surface area contributed by atoms with Crippen LogP contribution < -0.4 is 4.90 Å². The van der Waals surface area contributed by atoms with Gasteiger partial charge in [0.15, 0.2) is 0 Å². The highest BCUT2D eigenvalue weighted by Crippen LogP contribution is 2.34. The van der Waals surface area contributed by atoms with Crippen molar-refractivity contribution in [2.75, 3.05) is 25.5 Å². The third-order valence-corrected chi connectivity index (χ3v) is 4.53. The zero-order valence-electron chi connectivity index (χ0n) is 13.2. The minimum absolute atomic E-state index is 0.160. The van der Waals surface area contributed by atoms with Crippen LogP contribution in [0.25, 0.3) is 0 Å². The Kier molecular flexibility index (Phi) is 4.14. The fourth-order valence-corrected chi connectivity index (χ4v) is 3.20. The first-order valence-corrected chi connectivity index (χ1v) is 7.76. The summed E-state index contributed by atoms with van der Waals surface area (Å²) in [6.07, 6.45) is 2.09. The molecule has 3 rings (SSSR count). The number of hydrogen-bond donors (Lipinski definition) is 0. The molecule has 22 heavy (non-hydrogen) atoms. The molecule has 1 amide bonds. The standard InChI is InChI=1S/C19H22N2O/c1-20(16-9-4-3-5-10-16)14-19(22)21(2)18-13-12-15-8-6-7-11-17(15)18/h3-11,18H,12-14H2,1-2H3/t18-/m1/s1. The highest BCUT2D eigenvalue weighted by Gasteiger charge is 2.28. The van der Waals surface area contributed by atoms with Crippen LogP contribution in [-0.4, -0.2) is 31.4 Å². The molecule has 0 bridgehead atoms. The molecule has 1 aliphatic rings. The summed E-state index contributed by atoms with van der Waals surface area (Å²) in [5, 5.41) is 0. The lowest BCUT2D eigenvalue weighted by molar-refractivity contribution is -0.130. The van der Waals surface area contributed by atoms with E-state index in [2.05, 4.69) is 24.3 Å². The van der Waals surface area contributed by atoms with E-state index in [1.54, 1.807) is 0 Å². The van der Waals surface area contributed by atoms with Crippen molar-refractivity contribution in [1.82, 2.24) is 4.90 Å². The van der Waals surface area contributed by atoms with Crippen molar-refractivity contribution in [2.24, 2.45) is 0 Å². The Morgan fingerprint density at radius 2 is 1.73 bits per heavy atom. The lowest BCUT2D eigenvalue weighted by atomic mass is 10.1.